The minimum atomic E-state index is 0.659. The van der Waals surface area contributed by atoms with E-state index >= 15 is 0 Å². The quantitative estimate of drug-likeness (QED) is 0.737. The first-order chi connectivity index (χ1) is 10.3. The summed E-state index contributed by atoms with van der Waals surface area (Å²) in [7, 11) is 0. The summed E-state index contributed by atoms with van der Waals surface area (Å²) in [5.41, 5.74) is 3.63. The lowest BCUT2D eigenvalue weighted by atomic mass is 10.2. The molecular formula is C16H16N4O. The average molecular weight is 280 g/mol. The molecule has 0 radical (unpaired) electrons. The molecule has 1 aromatic carbocycles. The van der Waals surface area contributed by atoms with E-state index in [9.17, 15) is 0 Å². The summed E-state index contributed by atoms with van der Waals surface area (Å²) in [5, 5.41) is 8.32. The van der Waals surface area contributed by atoms with Crippen molar-refractivity contribution in [3.8, 4) is 22.8 Å². The third kappa shape index (κ3) is 2.91. The van der Waals surface area contributed by atoms with Crippen molar-refractivity contribution in [2.24, 2.45) is 0 Å². The summed E-state index contributed by atoms with van der Waals surface area (Å²) in [4.78, 5) is 4.36. The van der Waals surface area contributed by atoms with Crippen molar-refractivity contribution < 1.29 is 4.74 Å². The van der Waals surface area contributed by atoms with Crippen molar-refractivity contribution in [1.82, 2.24) is 20.0 Å². The van der Waals surface area contributed by atoms with Crippen LogP contribution in [-0.4, -0.2) is 26.6 Å². The first-order valence-electron chi connectivity index (χ1n) is 6.85. The Balaban J connectivity index is 1.85. The minimum Gasteiger partial charge on any atom is -0.494 e. The molecule has 5 heteroatoms. The van der Waals surface area contributed by atoms with E-state index in [0.717, 1.165) is 28.4 Å². The van der Waals surface area contributed by atoms with Crippen LogP contribution in [-0.2, 0) is 0 Å². The van der Waals surface area contributed by atoms with Crippen LogP contribution in [0.5, 0.6) is 5.75 Å². The van der Waals surface area contributed by atoms with Gasteiger partial charge in [-0.15, -0.1) is 5.10 Å². The predicted molar refractivity (Wildman–Crippen MR) is 80.5 cm³/mol. The van der Waals surface area contributed by atoms with Gasteiger partial charge in [-0.3, -0.25) is 4.98 Å². The average Bonchev–Trinajstić information content (AvgIpc) is 2.99. The molecule has 3 aromatic rings. The summed E-state index contributed by atoms with van der Waals surface area (Å²) in [6.45, 7) is 4.63. The maximum Gasteiger partial charge on any atom is 0.131 e. The van der Waals surface area contributed by atoms with Crippen LogP contribution >= 0.6 is 0 Å². The number of aryl methyl sites for hydroxylation is 1. The monoisotopic (exact) mass is 280 g/mol. The molecular weight excluding hydrogens is 264 g/mol. The van der Waals surface area contributed by atoms with Crippen molar-refractivity contribution >= 4 is 0 Å². The lowest BCUT2D eigenvalue weighted by molar-refractivity contribution is 0.340. The normalized spacial score (nSPS) is 10.6. The van der Waals surface area contributed by atoms with E-state index in [-0.39, 0.29) is 0 Å². The zero-order valence-corrected chi connectivity index (χ0v) is 12.0. The fourth-order valence-electron chi connectivity index (χ4n) is 1.99. The zero-order valence-electron chi connectivity index (χ0n) is 12.0. The lowest BCUT2D eigenvalue weighted by Gasteiger charge is -2.04. The standard InChI is InChI=1S/C16H16N4O/c1-3-21-14-7-5-13(6-8-14)20-11-16(18-19-20)15-9-4-12(2)10-17-15/h4-11H,3H2,1-2H3. The maximum absolute atomic E-state index is 5.43. The highest BCUT2D eigenvalue weighted by Gasteiger charge is 2.06. The summed E-state index contributed by atoms with van der Waals surface area (Å²) in [5.74, 6) is 0.849. The van der Waals surface area contributed by atoms with Gasteiger partial charge >= 0.3 is 0 Å². The van der Waals surface area contributed by atoms with Crippen LogP contribution in [0.3, 0.4) is 0 Å². The number of aromatic nitrogens is 4. The predicted octanol–water partition coefficient (Wildman–Crippen LogP) is 3.04. The third-order valence-corrected chi connectivity index (χ3v) is 3.08. The fraction of sp³-hybridized carbons (Fsp3) is 0.188. The van der Waals surface area contributed by atoms with Crippen molar-refractivity contribution in [3.05, 3.63) is 54.4 Å². The Hall–Kier alpha value is -2.69. The SMILES string of the molecule is CCOc1ccc(-n2cc(-c3ccc(C)cn3)nn2)cc1. The van der Waals surface area contributed by atoms with E-state index in [1.54, 1.807) is 4.68 Å². The number of rotatable bonds is 4. The summed E-state index contributed by atoms with van der Waals surface area (Å²) < 4.78 is 7.16. The molecule has 2 aromatic heterocycles. The number of hydrogen-bond acceptors (Lipinski definition) is 4. The van der Waals surface area contributed by atoms with Crippen LogP contribution in [0.1, 0.15) is 12.5 Å². The van der Waals surface area contributed by atoms with Gasteiger partial charge in [0.2, 0.25) is 0 Å². The van der Waals surface area contributed by atoms with E-state index in [1.165, 1.54) is 0 Å². The van der Waals surface area contributed by atoms with Crippen LogP contribution in [0.2, 0.25) is 0 Å². The van der Waals surface area contributed by atoms with Gasteiger partial charge in [-0.2, -0.15) is 0 Å². The molecule has 106 valence electrons. The van der Waals surface area contributed by atoms with Crippen LogP contribution < -0.4 is 4.74 Å². The number of ether oxygens (including phenoxy) is 1. The summed E-state index contributed by atoms with van der Waals surface area (Å²) >= 11 is 0. The molecule has 0 unspecified atom stereocenters. The molecule has 0 amide bonds. The molecule has 0 atom stereocenters. The van der Waals surface area contributed by atoms with Gasteiger partial charge in [0.15, 0.2) is 0 Å². The van der Waals surface area contributed by atoms with Crippen molar-refractivity contribution in [1.29, 1.82) is 0 Å². The van der Waals surface area contributed by atoms with Crippen LogP contribution in [0.4, 0.5) is 0 Å². The highest BCUT2D eigenvalue weighted by molar-refractivity contribution is 5.53. The Labute approximate surface area is 123 Å². The molecule has 0 N–H and O–H groups in total. The van der Waals surface area contributed by atoms with Gasteiger partial charge in [0.1, 0.15) is 11.4 Å². The smallest absolute Gasteiger partial charge is 0.131 e. The Kier molecular flexibility index (Phi) is 3.64. The molecule has 0 saturated heterocycles. The first-order valence-corrected chi connectivity index (χ1v) is 6.85. The van der Waals surface area contributed by atoms with Crippen LogP contribution in [0, 0.1) is 6.92 Å². The van der Waals surface area contributed by atoms with Gasteiger partial charge in [-0.1, -0.05) is 11.3 Å². The molecule has 0 saturated carbocycles. The zero-order chi connectivity index (χ0) is 14.7. The highest BCUT2D eigenvalue weighted by atomic mass is 16.5. The van der Waals surface area contributed by atoms with Crippen LogP contribution in [0.25, 0.3) is 17.1 Å². The molecule has 21 heavy (non-hydrogen) atoms. The Bertz CT molecular complexity index is 717. The van der Waals surface area contributed by atoms with E-state index < -0.39 is 0 Å². The minimum absolute atomic E-state index is 0.659. The molecule has 2 heterocycles. The number of nitrogens with zero attached hydrogens (tertiary/aromatic N) is 4. The molecule has 0 aliphatic carbocycles. The molecule has 3 rings (SSSR count). The molecule has 5 nitrogen and oxygen atoms in total. The molecule has 0 aliphatic rings. The van der Waals surface area contributed by atoms with Crippen molar-refractivity contribution in [2.45, 2.75) is 13.8 Å². The molecule has 0 spiro atoms. The molecule has 0 fully saturated rings. The molecule has 0 bridgehead atoms. The number of benzene rings is 1. The Morgan fingerprint density at radius 2 is 1.86 bits per heavy atom. The van der Waals surface area contributed by atoms with Gasteiger partial charge in [-0.05, 0) is 49.7 Å². The second kappa shape index (κ2) is 5.75. The third-order valence-electron chi connectivity index (χ3n) is 3.08. The van der Waals surface area contributed by atoms with E-state index in [0.29, 0.717) is 6.61 Å². The van der Waals surface area contributed by atoms with Crippen LogP contribution in [0.15, 0.2) is 48.8 Å². The molecule has 0 aliphatic heterocycles. The van der Waals surface area contributed by atoms with Gasteiger partial charge in [0, 0.05) is 6.20 Å². The van der Waals surface area contributed by atoms with E-state index in [1.807, 2.05) is 62.6 Å². The largest absolute Gasteiger partial charge is 0.494 e. The second-order valence-electron chi connectivity index (χ2n) is 4.70. The van der Waals surface area contributed by atoms with Crippen molar-refractivity contribution in [2.75, 3.05) is 6.61 Å². The fourth-order valence-corrected chi connectivity index (χ4v) is 1.99. The van der Waals surface area contributed by atoms with Crippen molar-refractivity contribution in [3.63, 3.8) is 0 Å². The first kappa shape index (κ1) is 13.3. The number of hydrogen-bond donors (Lipinski definition) is 0. The topological polar surface area (TPSA) is 52.8 Å². The lowest BCUT2D eigenvalue weighted by Crippen LogP contribution is -1.96. The van der Waals surface area contributed by atoms with E-state index in [2.05, 4.69) is 15.3 Å². The summed E-state index contributed by atoms with van der Waals surface area (Å²) in [6, 6.07) is 11.7. The second-order valence-corrected chi connectivity index (χ2v) is 4.70. The van der Waals surface area contributed by atoms with Gasteiger partial charge in [-0.25, -0.2) is 4.68 Å². The Morgan fingerprint density at radius 1 is 1.05 bits per heavy atom. The van der Waals surface area contributed by atoms with Gasteiger partial charge < -0.3 is 4.74 Å². The highest BCUT2D eigenvalue weighted by Crippen LogP contribution is 2.18. The Morgan fingerprint density at radius 3 is 2.52 bits per heavy atom. The number of pyridine rings is 1. The maximum atomic E-state index is 5.43. The van der Waals surface area contributed by atoms with Gasteiger partial charge in [0.25, 0.3) is 0 Å². The van der Waals surface area contributed by atoms with Gasteiger partial charge in [0.05, 0.1) is 24.2 Å². The van der Waals surface area contributed by atoms with E-state index in [4.69, 9.17) is 4.74 Å². The summed E-state index contributed by atoms with van der Waals surface area (Å²) in [6.07, 6.45) is 3.69.